The van der Waals surface area contributed by atoms with Crippen LogP contribution in [-0.4, -0.2) is 25.5 Å². The average molecular weight is 343 g/mol. The van der Waals surface area contributed by atoms with Gasteiger partial charge in [0.25, 0.3) is 11.3 Å². The Morgan fingerprint density at radius 1 is 1.46 bits per heavy atom. The van der Waals surface area contributed by atoms with E-state index in [0.717, 1.165) is 6.42 Å². The number of thiophene rings is 1. The van der Waals surface area contributed by atoms with E-state index in [4.69, 9.17) is 0 Å². The molecular formula is C16H17N5O2S. The smallest absolute Gasteiger partial charge is 0.274 e. The number of hydrogen-bond acceptors (Lipinski definition) is 5. The highest BCUT2D eigenvalue weighted by Gasteiger charge is 2.45. The first-order valence-corrected chi connectivity index (χ1v) is 8.68. The number of carbonyl (C=O) groups is 1. The molecule has 4 rings (SSSR count). The van der Waals surface area contributed by atoms with Gasteiger partial charge in [0, 0.05) is 28.5 Å². The number of rotatable bonds is 4. The molecule has 24 heavy (non-hydrogen) atoms. The minimum Gasteiger partial charge on any atom is -0.349 e. The summed E-state index contributed by atoms with van der Waals surface area (Å²) in [6.07, 6.45) is 0.896. The molecule has 0 aliphatic heterocycles. The van der Waals surface area contributed by atoms with Crippen LogP contribution in [0, 0.1) is 19.8 Å². The molecule has 1 amide bonds. The highest BCUT2D eigenvalue weighted by molar-refractivity contribution is 7.10. The topological polar surface area (TPSA) is 92.2 Å². The summed E-state index contributed by atoms with van der Waals surface area (Å²) >= 11 is 1.72. The van der Waals surface area contributed by atoms with Crippen molar-refractivity contribution in [2.45, 2.75) is 32.7 Å². The van der Waals surface area contributed by atoms with Crippen molar-refractivity contribution in [3.05, 3.63) is 49.8 Å². The number of amides is 1. The van der Waals surface area contributed by atoms with Crippen LogP contribution >= 0.6 is 11.3 Å². The highest BCUT2D eigenvalue weighted by Crippen LogP contribution is 2.50. The van der Waals surface area contributed by atoms with E-state index in [2.05, 4.69) is 38.8 Å². The zero-order valence-electron chi connectivity index (χ0n) is 13.4. The van der Waals surface area contributed by atoms with E-state index in [1.165, 1.54) is 21.0 Å². The monoisotopic (exact) mass is 343 g/mol. The molecule has 0 unspecified atom stereocenters. The van der Waals surface area contributed by atoms with Gasteiger partial charge in [-0.3, -0.25) is 14.7 Å². The number of hydrogen-bond donors (Lipinski definition) is 2. The van der Waals surface area contributed by atoms with Crippen LogP contribution < -0.4 is 10.9 Å². The molecule has 8 heteroatoms. The van der Waals surface area contributed by atoms with Gasteiger partial charge >= 0.3 is 0 Å². The van der Waals surface area contributed by atoms with Crippen molar-refractivity contribution in [1.29, 1.82) is 0 Å². The lowest BCUT2D eigenvalue weighted by Gasteiger charge is -2.02. The molecule has 0 saturated heterocycles. The summed E-state index contributed by atoms with van der Waals surface area (Å²) in [6, 6.07) is 3.53. The first-order valence-electron chi connectivity index (χ1n) is 7.80. The van der Waals surface area contributed by atoms with Crippen LogP contribution in [0.1, 0.15) is 34.3 Å². The normalized spacial score (nSPS) is 19.6. The molecule has 124 valence electrons. The van der Waals surface area contributed by atoms with Gasteiger partial charge in [0.1, 0.15) is 5.82 Å². The average Bonchev–Trinajstić information content (AvgIpc) is 3.03. The Bertz CT molecular complexity index is 986. The van der Waals surface area contributed by atoms with Crippen LogP contribution in [0.15, 0.2) is 22.3 Å². The molecule has 1 fully saturated rings. The van der Waals surface area contributed by atoms with Gasteiger partial charge in [-0.25, -0.2) is 4.98 Å². The molecular weight excluding hydrogens is 326 g/mol. The van der Waals surface area contributed by atoms with Gasteiger partial charge in [-0.2, -0.15) is 9.50 Å². The molecule has 2 N–H and O–H groups in total. The van der Waals surface area contributed by atoms with Crippen LogP contribution in [0.3, 0.4) is 0 Å². The number of fused-ring (bicyclic) bond motifs is 1. The Kier molecular flexibility index (Phi) is 3.49. The second-order valence-electron chi connectivity index (χ2n) is 6.18. The molecule has 1 aliphatic carbocycles. The van der Waals surface area contributed by atoms with E-state index < -0.39 is 0 Å². The standard InChI is InChI=1S/C16H17N5O2S/c1-8-3-4-24-14(8)10-6-11(10)15(23)17-7-12-19-16-18-9(2)5-13(22)21(16)20-12/h3-5,10-11H,6-7H2,1-2H3,(H,17,23)(H,18,19,20)/t10-,11+/m1/s1. The number of aromatic nitrogens is 4. The van der Waals surface area contributed by atoms with E-state index in [1.807, 2.05) is 0 Å². The summed E-state index contributed by atoms with van der Waals surface area (Å²) in [5.74, 6) is 1.25. The summed E-state index contributed by atoms with van der Waals surface area (Å²) in [6.45, 7) is 4.09. The van der Waals surface area contributed by atoms with E-state index in [0.29, 0.717) is 23.2 Å². The Morgan fingerprint density at radius 3 is 3.04 bits per heavy atom. The SMILES string of the molecule is Cc1cc(=O)n2[nH]c(CNC(=O)[C@H]3C[C@H]3c3sccc3C)nc2n1. The Hall–Kier alpha value is -2.48. The minimum absolute atomic E-state index is 0.0322. The van der Waals surface area contributed by atoms with Crippen LogP contribution in [0.25, 0.3) is 5.78 Å². The molecule has 0 radical (unpaired) electrons. The van der Waals surface area contributed by atoms with Gasteiger partial charge in [0.05, 0.1) is 6.54 Å². The molecule has 2 atom stereocenters. The first kappa shape index (κ1) is 15.1. The molecule has 3 aromatic heterocycles. The highest BCUT2D eigenvalue weighted by atomic mass is 32.1. The van der Waals surface area contributed by atoms with Crippen LogP contribution in [-0.2, 0) is 11.3 Å². The fourth-order valence-corrected chi connectivity index (χ4v) is 4.06. The lowest BCUT2D eigenvalue weighted by Crippen LogP contribution is -2.25. The Balaban J connectivity index is 1.42. The van der Waals surface area contributed by atoms with Gasteiger partial charge in [-0.1, -0.05) is 0 Å². The number of aromatic amines is 1. The maximum atomic E-state index is 12.3. The number of nitrogens with zero attached hydrogens (tertiary/aromatic N) is 3. The van der Waals surface area contributed by atoms with Crippen molar-refractivity contribution >= 4 is 23.0 Å². The predicted octanol–water partition coefficient (Wildman–Crippen LogP) is 1.52. The van der Waals surface area contributed by atoms with E-state index in [9.17, 15) is 9.59 Å². The van der Waals surface area contributed by atoms with Gasteiger partial charge in [0.15, 0.2) is 0 Å². The van der Waals surface area contributed by atoms with Crippen molar-refractivity contribution < 1.29 is 4.79 Å². The first-order chi connectivity index (χ1) is 11.5. The Labute approximate surface area is 141 Å². The fourth-order valence-electron chi connectivity index (χ4n) is 2.96. The molecule has 3 aromatic rings. The maximum absolute atomic E-state index is 12.3. The van der Waals surface area contributed by atoms with E-state index >= 15 is 0 Å². The molecule has 0 aromatic carbocycles. The lowest BCUT2D eigenvalue weighted by molar-refractivity contribution is -0.122. The van der Waals surface area contributed by atoms with Crippen LogP contribution in [0.5, 0.6) is 0 Å². The zero-order valence-corrected chi connectivity index (χ0v) is 14.2. The summed E-state index contributed by atoms with van der Waals surface area (Å²) in [5, 5.41) is 7.84. The molecule has 0 spiro atoms. The molecule has 3 heterocycles. The lowest BCUT2D eigenvalue weighted by atomic mass is 10.2. The predicted molar refractivity (Wildman–Crippen MR) is 90.1 cm³/mol. The summed E-state index contributed by atoms with van der Waals surface area (Å²) < 4.78 is 1.28. The second kappa shape index (κ2) is 5.55. The van der Waals surface area contributed by atoms with Crippen LogP contribution in [0.4, 0.5) is 0 Å². The second-order valence-corrected chi connectivity index (χ2v) is 7.12. The van der Waals surface area contributed by atoms with Gasteiger partial charge < -0.3 is 5.32 Å². The molecule has 1 aliphatic rings. The summed E-state index contributed by atoms with van der Waals surface area (Å²) in [7, 11) is 0. The zero-order chi connectivity index (χ0) is 16.8. The number of H-pyrrole nitrogens is 1. The molecule has 0 bridgehead atoms. The summed E-state index contributed by atoms with van der Waals surface area (Å²) in [4.78, 5) is 33.9. The number of nitrogens with one attached hydrogen (secondary N) is 2. The van der Waals surface area contributed by atoms with Crippen molar-refractivity contribution in [3.8, 4) is 0 Å². The number of aryl methyl sites for hydroxylation is 2. The van der Waals surface area contributed by atoms with Gasteiger partial charge in [-0.05, 0) is 37.3 Å². The third kappa shape index (κ3) is 2.62. The quantitative estimate of drug-likeness (QED) is 0.751. The van der Waals surface area contributed by atoms with Crippen molar-refractivity contribution in [3.63, 3.8) is 0 Å². The third-order valence-corrected chi connectivity index (χ3v) is 5.45. The molecule has 1 saturated carbocycles. The van der Waals surface area contributed by atoms with Crippen molar-refractivity contribution in [2.75, 3.05) is 0 Å². The molecule has 7 nitrogen and oxygen atoms in total. The number of carbonyl (C=O) groups excluding carboxylic acids is 1. The van der Waals surface area contributed by atoms with Crippen molar-refractivity contribution in [2.24, 2.45) is 5.92 Å². The van der Waals surface area contributed by atoms with Crippen molar-refractivity contribution in [1.82, 2.24) is 24.9 Å². The van der Waals surface area contributed by atoms with E-state index in [-0.39, 0.29) is 23.9 Å². The van der Waals surface area contributed by atoms with Gasteiger partial charge in [-0.15, -0.1) is 11.3 Å². The maximum Gasteiger partial charge on any atom is 0.274 e. The van der Waals surface area contributed by atoms with Crippen LogP contribution in [0.2, 0.25) is 0 Å². The third-order valence-electron chi connectivity index (χ3n) is 4.30. The van der Waals surface area contributed by atoms with E-state index in [1.54, 1.807) is 18.3 Å². The summed E-state index contributed by atoms with van der Waals surface area (Å²) in [5.41, 5.74) is 1.67. The van der Waals surface area contributed by atoms with Gasteiger partial charge in [0.2, 0.25) is 5.91 Å². The Morgan fingerprint density at radius 2 is 2.29 bits per heavy atom. The fraction of sp³-hybridized carbons (Fsp3) is 0.375. The largest absolute Gasteiger partial charge is 0.349 e. The minimum atomic E-state index is -0.210.